The number of hydrogen-bond acceptors (Lipinski definition) is 3. The Morgan fingerprint density at radius 1 is 1.07 bits per heavy atom. The molecule has 1 N–H and O–H groups in total. The van der Waals surface area contributed by atoms with Gasteiger partial charge in [-0.05, 0) is 48.9 Å². The Bertz CT molecular complexity index is 1330. The second kappa shape index (κ2) is 6.91. The van der Waals surface area contributed by atoms with Crippen molar-refractivity contribution >= 4 is 28.3 Å². The molecule has 0 aliphatic rings. The van der Waals surface area contributed by atoms with Crippen molar-refractivity contribution in [2.24, 2.45) is 0 Å². The molecule has 0 atom stereocenters. The molecule has 0 fully saturated rings. The summed E-state index contributed by atoms with van der Waals surface area (Å²) in [5.74, 6) is -0.0934. The highest BCUT2D eigenvalue weighted by Crippen LogP contribution is 2.22. The van der Waals surface area contributed by atoms with Gasteiger partial charge in [-0.2, -0.15) is 0 Å². The summed E-state index contributed by atoms with van der Waals surface area (Å²) in [5, 5.41) is 2.94. The van der Waals surface area contributed by atoms with Gasteiger partial charge in [0.1, 0.15) is 12.2 Å². The first-order valence-corrected chi connectivity index (χ1v) is 9.41. The van der Waals surface area contributed by atoms with Gasteiger partial charge in [0.25, 0.3) is 0 Å². The zero-order chi connectivity index (χ0) is 19.8. The number of hydrogen-bond donors (Lipinski definition) is 1. The summed E-state index contributed by atoms with van der Waals surface area (Å²) in [4.78, 5) is 21.5. The highest BCUT2D eigenvalue weighted by Gasteiger charge is 2.09. The number of rotatable bonds is 4. The van der Waals surface area contributed by atoms with E-state index in [1.165, 1.54) is 5.56 Å². The number of aromatic nitrogens is 4. The molecule has 3 heterocycles. The number of benzene rings is 2. The first-order valence-electron chi connectivity index (χ1n) is 9.41. The van der Waals surface area contributed by atoms with E-state index in [4.69, 9.17) is 0 Å². The molecular formula is C23H19N5O. The standard InChI is InChI=1S/C23H19N5O/c1-16-10-11-27-13-20(26-22(27)12-16)17-6-8-18(9-7-17)25-23(29)14-28-15-24-19-4-2-3-5-21(19)28/h2-13,15H,14H2,1H3,(H,25,29). The second-order valence-electron chi connectivity index (χ2n) is 7.08. The molecule has 0 saturated heterocycles. The Hall–Kier alpha value is -3.93. The molecule has 0 bridgehead atoms. The average molecular weight is 381 g/mol. The molecule has 0 saturated carbocycles. The molecule has 1 amide bonds. The number of nitrogens with one attached hydrogen (secondary N) is 1. The fraction of sp³-hybridized carbons (Fsp3) is 0.0870. The maximum absolute atomic E-state index is 12.5. The molecule has 6 heteroatoms. The number of fused-ring (bicyclic) bond motifs is 2. The number of para-hydroxylation sites is 2. The van der Waals surface area contributed by atoms with Gasteiger partial charge in [-0.1, -0.05) is 24.3 Å². The van der Waals surface area contributed by atoms with Crippen molar-refractivity contribution in [3.05, 3.63) is 84.9 Å². The van der Waals surface area contributed by atoms with Gasteiger partial charge in [-0.15, -0.1) is 0 Å². The van der Waals surface area contributed by atoms with Crippen LogP contribution >= 0.6 is 0 Å². The van der Waals surface area contributed by atoms with Crippen molar-refractivity contribution in [3.8, 4) is 11.3 Å². The van der Waals surface area contributed by atoms with Crippen molar-refractivity contribution in [3.63, 3.8) is 0 Å². The molecule has 0 spiro atoms. The second-order valence-corrected chi connectivity index (χ2v) is 7.08. The van der Waals surface area contributed by atoms with Crippen LogP contribution in [-0.4, -0.2) is 24.8 Å². The van der Waals surface area contributed by atoms with E-state index in [1.807, 2.05) is 69.9 Å². The lowest BCUT2D eigenvalue weighted by atomic mass is 10.1. The van der Waals surface area contributed by atoms with E-state index in [-0.39, 0.29) is 12.5 Å². The van der Waals surface area contributed by atoms with E-state index < -0.39 is 0 Å². The van der Waals surface area contributed by atoms with Crippen molar-refractivity contribution in [1.29, 1.82) is 0 Å². The minimum Gasteiger partial charge on any atom is -0.325 e. The van der Waals surface area contributed by atoms with Crippen LogP contribution in [0.1, 0.15) is 5.56 Å². The molecule has 5 rings (SSSR count). The third-order valence-electron chi connectivity index (χ3n) is 4.92. The Kier molecular flexibility index (Phi) is 4.09. The van der Waals surface area contributed by atoms with Crippen LogP contribution in [0.15, 0.2) is 79.4 Å². The van der Waals surface area contributed by atoms with Gasteiger partial charge in [-0.3, -0.25) is 4.79 Å². The number of amides is 1. The van der Waals surface area contributed by atoms with Crippen molar-refractivity contribution < 1.29 is 4.79 Å². The largest absolute Gasteiger partial charge is 0.325 e. The molecule has 6 nitrogen and oxygen atoms in total. The van der Waals surface area contributed by atoms with Crippen LogP contribution in [0.2, 0.25) is 0 Å². The van der Waals surface area contributed by atoms with E-state index >= 15 is 0 Å². The number of nitrogens with zero attached hydrogens (tertiary/aromatic N) is 4. The fourth-order valence-electron chi connectivity index (χ4n) is 3.44. The fourth-order valence-corrected chi connectivity index (χ4v) is 3.44. The van der Waals surface area contributed by atoms with Gasteiger partial charge in [-0.25, -0.2) is 9.97 Å². The highest BCUT2D eigenvalue weighted by atomic mass is 16.1. The average Bonchev–Trinajstić information content (AvgIpc) is 3.32. The first kappa shape index (κ1) is 17.2. The van der Waals surface area contributed by atoms with Gasteiger partial charge < -0.3 is 14.3 Å². The third-order valence-corrected chi connectivity index (χ3v) is 4.92. The third kappa shape index (κ3) is 3.36. The number of carbonyl (C=O) groups is 1. The normalized spacial score (nSPS) is 11.2. The lowest BCUT2D eigenvalue weighted by Crippen LogP contribution is -2.18. The Morgan fingerprint density at radius 2 is 1.90 bits per heavy atom. The number of aryl methyl sites for hydroxylation is 1. The van der Waals surface area contributed by atoms with Crippen LogP contribution in [0.5, 0.6) is 0 Å². The topological polar surface area (TPSA) is 64.2 Å². The van der Waals surface area contributed by atoms with E-state index in [0.29, 0.717) is 0 Å². The summed E-state index contributed by atoms with van der Waals surface area (Å²) in [6, 6.07) is 19.6. The molecular weight excluding hydrogens is 362 g/mol. The molecule has 0 radical (unpaired) electrons. The van der Waals surface area contributed by atoms with E-state index in [0.717, 1.165) is 33.6 Å². The zero-order valence-corrected chi connectivity index (χ0v) is 15.9. The molecule has 5 aromatic rings. The van der Waals surface area contributed by atoms with Crippen molar-refractivity contribution in [2.75, 3.05) is 5.32 Å². The van der Waals surface area contributed by atoms with Gasteiger partial charge in [0.05, 0.1) is 23.1 Å². The summed E-state index contributed by atoms with van der Waals surface area (Å²) >= 11 is 0. The Balaban J connectivity index is 1.31. The summed E-state index contributed by atoms with van der Waals surface area (Å²) in [6.45, 7) is 2.27. The molecule has 3 aromatic heterocycles. The van der Waals surface area contributed by atoms with E-state index in [9.17, 15) is 4.79 Å². The molecule has 142 valence electrons. The summed E-state index contributed by atoms with van der Waals surface area (Å²) in [6.07, 6.45) is 5.71. The molecule has 29 heavy (non-hydrogen) atoms. The number of carbonyl (C=O) groups excluding carboxylic acids is 1. The van der Waals surface area contributed by atoms with Gasteiger partial charge >= 0.3 is 0 Å². The van der Waals surface area contributed by atoms with Gasteiger partial charge in [0, 0.05) is 23.6 Å². The summed E-state index contributed by atoms with van der Waals surface area (Å²) in [5.41, 5.74) is 6.59. The van der Waals surface area contributed by atoms with Crippen LogP contribution in [0.4, 0.5) is 5.69 Å². The SMILES string of the molecule is Cc1ccn2cc(-c3ccc(NC(=O)Cn4cnc5ccccc54)cc3)nc2c1. The first-order chi connectivity index (χ1) is 14.2. The van der Waals surface area contributed by atoms with Crippen LogP contribution in [0, 0.1) is 6.92 Å². The van der Waals surface area contributed by atoms with Crippen LogP contribution < -0.4 is 5.32 Å². The van der Waals surface area contributed by atoms with Crippen LogP contribution in [0.3, 0.4) is 0 Å². The Morgan fingerprint density at radius 3 is 2.76 bits per heavy atom. The summed E-state index contributed by atoms with van der Waals surface area (Å²) < 4.78 is 3.85. The molecule has 0 aliphatic heterocycles. The van der Waals surface area contributed by atoms with E-state index in [1.54, 1.807) is 6.33 Å². The number of imidazole rings is 2. The Labute approximate surface area is 167 Å². The number of pyridine rings is 1. The zero-order valence-electron chi connectivity index (χ0n) is 15.9. The van der Waals surface area contributed by atoms with Crippen LogP contribution in [0.25, 0.3) is 27.9 Å². The van der Waals surface area contributed by atoms with Gasteiger partial charge in [0.2, 0.25) is 5.91 Å². The van der Waals surface area contributed by atoms with Gasteiger partial charge in [0.15, 0.2) is 0 Å². The predicted molar refractivity (Wildman–Crippen MR) is 114 cm³/mol. The van der Waals surface area contributed by atoms with Crippen molar-refractivity contribution in [2.45, 2.75) is 13.5 Å². The lowest BCUT2D eigenvalue weighted by molar-refractivity contribution is -0.116. The maximum atomic E-state index is 12.5. The monoisotopic (exact) mass is 381 g/mol. The lowest BCUT2D eigenvalue weighted by Gasteiger charge is -2.07. The quantitative estimate of drug-likeness (QED) is 0.505. The minimum absolute atomic E-state index is 0.0934. The van der Waals surface area contributed by atoms with Crippen LogP contribution in [-0.2, 0) is 11.3 Å². The number of anilines is 1. The maximum Gasteiger partial charge on any atom is 0.244 e. The summed E-state index contributed by atoms with van der Waals surface area (Å²) in [7, 11) is 0. The molecule has 2 aromatic carbocycles. The predicted octanol–water partition coefficient (Wildman–Crippen LogP) is 4.30. The molecule has 0 unspecified atom stereocenters. The smallest absolute Gasteiger partial charge is 0.244 e. The highest BCUT2D eigenvalue weighted by molar-refractivity contribution is 5.91. The van der Waals surface area contributed by atoms with Crippen molar-refractivity contribution in [1.82, 2.24) is 18.9 Å². The molecule has 0 aliphatic carbocycles. The minimum atomic E-state index is -0.0934. The van der Waals surface area contributed by atoms with E-state index in [2.05, 4.69) is 34.3 Å².